The molecule has 0 fully saturated rings. The van der Waals surface area contributed by atoms with Crippen LogP contribution in [0.25, 0.3) is 11.5 Å². The van der Waals surface area contributed by atoms with Crippen LogP contribution in [0, 0.1) is 6.92 Å². The molecule has 0 amide bonds. The summed E-state index contributed by atoms with van der Waals surface area (Å²) in [5.74, 6) is 0.797. The van der Waals surface area contributed by atoms with E-state index in [1.807, 2.05) is 30.8 Å². The first-order valence-corrected chi connectivity index (χ1v) is 4.39. The minimum atomic E-state index is 0.696. The molecule has 0 saturated carbocycles. The van der Waals surface area contributed by atoms with Gasteiger partial charge in [0.2, 0.25) is 0 Å². The molecule has 0 aliphatic rings. The Morgan fingerprint density at radius 2 is 2.07 bits per heavy atom. The minimum absolute atomic E-state index is 0.696. The van der Waals surface area contributed by atoms with Gasteiger partial charge >= 0.3 is 0 Å². The van der Waals surface area contributed by atoms with Crippen LogP contribution < -0.4 is 5.73 Å². The van der Waals surface area contributed by atoms with Crippen molar-refractivity contribution in [3.05, 3.63) is 30.2 Å². The number of pyridine rings is 1. The van der Waals surface area contributed by atoms with E-state index in [2.05, 4.69) is 9.97 Å². The first-order chi connectivity index (χ1) is 6.70. The number of anilines is 1. The summed E-state index contributed by atoms with van der Waals surface area (Å²) < 4.78 is 1.90. The average molecular weight is 188 g/mol. The highest BCUT2D eigenvalue weighted by molar-refractivity contribution is 5.70. The standard InChI is InChI=1S/C10H12N4/c1-7-3-4-12-9(8(7)11)10-13-5-6-14(10)2/h3-6H,11H2,1-2H3. The number of aromatic nitrogens is 3. The molecule has 4 nitrogen and oxygen atoms in total. The predicted octanol–water partition coefficient (Wildman–Crippen LogP) is 1.37. The van der Waals surface area contributed by atoms with E-state index in [1.165, 1.54) is 0 Å². The third-order valence-electron chi connectivity index (χ3n) is 2.24. The number of rotatable bonds is 1. The molecule has 2 aromatic heterocycles. The molecule has 0 aliphatic heterocycles. The summed E-state index contributed by atoms with van der Waals surface area (Å²) in [4.78, 5) is 8.44. The van der Waals surface area contributed by atoms with E-state index in [9.17, 15) is 0 Å². The van der Waals surface area contributed by atoms with E-state index in [-0.39, 0.29) is 0 Å². The van der Waals surface area contributed by atoms with Gasteiger partial charge in [0.15, 0.2) is 5.82 Å². The van der Waals surface area contributed by atoms with Gasteiger partial charge in [-0.2, -0.15) is 0 Å². The number of hydrogen-bond donors (Lipinski definition) is 1. The van der Waals surface area contributed by atoms with Crippen molar-refractivity contribution in [3.8, 4) is 11.5 Å². The molecule has 2 rings (SSSR count). The lowest BCUT2D eigenvalue weighted by atomic mass is 10.2. The Kier molecular flexibility index (Phi) is 1.96. The van der Waals surface area contributed by atoms with Gasteiger partial charge in [-0.05, 0) is 18.6 Å². The molecule has 0 bridgehead atoms. The topological polar surface area (TPSA) is 56.7 Å². The normalized spacial score (nSPS) is 10.4. The van der Waals surface area contributed by atoms with Gasteiger partial charge in [-0.15, -0.1) is 0 Å². The Bertz CT molecular complexity index is 459. The van der Waals surface area contributed by atoms with Gasteiger partial charge in [0.1, 0.15) is 5.69 Å². The third kappa shape index (κ3) is 1.25. The van der Waals surface area contributed by atoms with Crippen LogP contribution in [0.4, 0.5) is 5.69 Å². The maximum absolute atomic E-state index is 5.93. The quantitative estimate of drug-likeness (QED) is 0.735. The van der Waals surface area contributed by atoms with Crippen LogP contribution in [-0.2, 0) is 7.05 Å². The highest BCUT2D eigenvalue weighted by Gasteiger charge is 2.09. The molecular weight excluding hydrogens is 176 g/mol. The average Bonchev–Trinajstić information content (AvgIpc) is 2.57. The van der Waals surface area contributed by atoms with Crippen molar-refractivity contribution < 1.29 is 0 Å². The molecule has 0 atom stereocenters. The summed E-state index contributed by atoms with van der Waals surface area (Å²) in [5.41, 5.74) is 8.40. The van der Waals surface area contributed by atoms with E-state index >= 15 is 0 Å². The zero-order valence-electron chi connectivity index (χ0n) is 8.23. The second kappa shape index (κ2) is 3.14. The SMILES string of the molecule is Cc1ccnc(-c2nccn2C)c1N. The Hall–Kier alpha value is -1.84. The first kappa shape index (κ1) is 8.74. The fourth-order valence-electron chi connectivity index (χ4n) is 1.34. The molecule has 0 radical (unpaired) electrons. The second-order valence-electron chi connectivity index (χ2n) is 3.25. The largest absolute Gasteiger partial charge is 0.397 e. The van der Waals surface area contributed by atoms with Crippen LogP contribution in [-0.4, -0.2) is 14.5 Å². The zero-order chi connectivity index (χ0) is 10.1. The molecule has 14 heavy (non-hydrogen) atoms. The molecule has 2 N–H and O–H groups in total. The maximum atomic E-state index is 5.93. The summed E-state index contributed by atoms with van der Waals surface area (Å²) in [6, 6.07) is 1.89. The Balaban J connectivity index is 2.63. The summed E-state index contributed by atoms with van der Waals surface area (Å²) in [6.07, 6.45) is 5.35. The molecule has 0 spiro atoms. The van der Waals surface area contributed by atoms with Crippen LogP contribution in [0.15, 0.2) is 24.7 Å². The summed E-state index contributed by atoms with van der Waals surface area (Å²) in [7, 11) is 1.92. The maximum Gasteiger partial charge on any atom is 0.160 e. The number of hydrogen-bond acceptors (Lipinski definition) is 3. The van der Waals surface area contributed by atoms with E-state index in [1.54, 1.807) is 12.4 Å². The summed E-state index contributed by atoms with van der Waals surface area (Å²) in [5, 5.41) is 0. The molecule has 0 saturated heterocycles. The predicted molar refractivity (Wildman–Crippen MR) is 55.6 cm³/mol. The fraction of sp³-hybridized carbons (Fsp3) is 0.200. The molecule has 2 aromatic rings. The van der Waals surface area contributed by atoms with Gasteiger partial charge < -0.3 is 10.3 Å². The van der Waals surface area contributed by atoms with Crippen molar-refractivity contribution in [3.63, 3.8) is 0 Å². The zero-order valence-corrected chi connectivity index (χ0v) is 8.23. The number of nitrogens with two attached hydrogens (primary N) is 1. The monoisotopic (exact) mass is 188 g/mol. The fourth-order valence-corrected chi connectivity index (χ4v) is 1.34. The molecule has 72 valence electrons. The molecule has 0 unspecified atom stereocenters. The van der Waals surface area contributed by atoms with Crippen LogP contribution in [0.3, 0.4) is 0 Å². The van der Waals surface area contributed by atoms with Crippen LogP contribution in [0.1, 0.15) is 5.56 Å². The Morgan fingerprint density at radius 3 is 2.71 bits per heavy atom. The van der Waals surface area contributed by atoms with Crippen molar-refractivity contribution >= 4 is 5.69 Å². The van der Waals surface area contributed by atoms with Crippen molar-refractivity contribution in [2.45, 2.75) is 6.92 Å². The van der Waals surface area contributed by atoms with E-state index in [4.69, 9.17) is 5.73 Å². The van der Waals surface area contributed by atoms with Gasteiger partial charge in [0.05, 0.1) is 5.69 Å². The van der Waals surface area contributed by atoms with Gasteiger partial charge in [-0.1, -0.05) is 0 Å². The summed E-state index contributed by atoms with van der Waals surface area (Å²) in [6.45, 7) is 1.96. The molecule has 0 aliphatic carbocycles. The first-order valence-electron chi connectivity index (χ1n) is 4.39. The van der Waals surface area contributed by atoms with E-state index in [0.29, 0.717) is 5.69 Å². The van der Waals surface area contributed by atoms with E-state index in [0.717, 1.165) is 17.1 Å². The van der Waals surface area contributed by atoms with Crippen LogP contribution in [0.2, 0.25) is 0 Å². The van der Waals surface area contributed by atoms with Crippen molar-refractivity contribution in [2.75, 3.05) is 5.73 Å². The number of aryl methyl sites for hydroxylation is 2. The lowest BCUT2D eigenvalue weighted by molar-refractivity contribution is 0.918. The van der Waals surface area contributed by atoms with Crippen molar-refractivity contribution in [2.24, 2.45) is 7.05 Å². The highest BCUT2D eigenvalue weighted by atomic mass is 15.1. The number of nitrogens with zero attached hydrogens (tertiary/aromatic N) is 3. The molecule has 2 heterocycles. The molecule has 0 aromatic carbocycles. The van der Waals surface area contributed by atoms with Crippen LogP contribution in [0.5, 0.6) is 0 Å². The molecular formula is C10H12N4. The molecule has 4 heteroatoms. The van der Waals surface area contributed by atoms with Crippen LogP contribution >= 0.6 is 0 Å². The Morgan fingerprint density at radius 1 is 1.29 bits per heavy atom. The second-order valence-corrected chi connectivity index (χ2v) is 3.25. The number of nitrogen functional groups attached to an aromatic ring is 1. The minimum Gasteiger partial charge on any atom is -0.397 e. The highest BCUT2D eigenvalue weighted by Crippen LogP contribution is 2.23. The number of imidazole rings is 1. The van der Waals surface area contributed by atoms with Gasteiger partial charge in [0.25, 0.3) is 0 Å². The lowest BCUT2D eigenvalue weighted by Gasteiger charge is -2.06. The Labute approximate surface area is 82.4 Å². The van der Waals surface area contributed by atoms with Crippen molar-refractivity contribution in [1.82, 2.24) is 14.5 Å². The van der Waals surface area contributed by atoms with E-state index < -0.39 is 0 Å². The van der Waals surface area contributed by atoms with Gasteiger partial charge in [0, 0.05) is 25.6 Å². The van der Waals surface area contributed by atoms with Gasteiger partial charge in [-0.25, -0.2) is 4.98 Å². The summed E-state index contributed by atoms with van der Waals surface area (Å²) >= 11 is 0. The smallest absolute Gasteiger partial charge is 0.160 e. The van der Waals surface area contributed by atoms with Crippen molar-refractivity contribution in [1.29, 1.82) is 0 Å². The lowest BCUT2D eigenvalue weighted by Crippen LogP contribution is -2.00. The third-order valence-corrected chi connectivity index (χ3v) is 2.24. The van der Waals surface area contributed by atoms with Gasteiger partial charge in [-0.3, -0.25) is 4.98 Å².